The number of phenolic OH excluding ortho intramolecular Hbond substituents is 1. The number of hydrogen-bond acceptors (Lipinski definition) is 4. The number of hydrogen-bond donors (Lipinski definition) is 2. The van der Waals surface area contributed by atoms with Crippen molar-refractivity contribution in [2.75, 3.05) is 6.61 Å². The molecule has 0 aliphatic heterocycles. The average molecular weight is 415 g/mol. The lowest BCUT2D eigenvalue weighted by atomic mass is 9.63. The molecule has 1 aliphatic carbocycles. The minimum Gasteiger partial charge on any atom is -0.508 e. The smallest absolute Gasteiger partial charge is 0.306 e. The van der Waals surface area contributed by atoms with Crippen molar-refractivity contribution in [3.63, 3.8) is 0 Å². The molecule has 0 heterocycles. The van der Waals surface area contributed by atoms with Crippen LogP contribution in [0.2, 0.25) is 0 Å². The zero-order valence-electron chi connectivity index (χ0n) is 19.8. The summed E-state index contributed by atoms with van der Waals surface area (Å²) in [5.41, 5.74) is 1.87. The molecule has 0 bridgehead atoms. The first kappa shape index (κ1) is 24.0. The van der Waals surface area contributed by atoms with Gasteiger partial charge in [-0.2, -0.15) is 0 Å². The number of carbonyl (C=O) groups is 1. The number of aromatic hydroxyl groups is 1. The highest BCUT2D eigenvalue weighted by Gasteiger charge is 2.41. The van der Waals surface area contributed by atoms with Crippen LogP contribution >= 0.6 is 0 Å². The largest absolute Gasteiger partial charge is 0.508 e. The standard InChI is InChI=1S/C26H38O4/c1-9-30-23(29)16-26(8,17-10-12-21(27)19(14-17)24(2,3)4)18-11-13-22(28)20(15-18)25(5,6)7/h10-14,18,27-28H,9,15-16H2,1-8H3. The van der Waals surface area contributed by atoms with Crippen molar-refractivity contribution in [1.29, 1.82) is 0 Å². The van der Waals surface area contributed by atoms with Crippen LogP contribution in [0.1, 0.15) is 79.4 Å². The molecule has 2 rings (SSSR count). The van der Waals surface area contributed by atoms with E-state index in [2.05, 4.69) is 48.5 Å². The maximum atomic E-state index is 12.6. The summed E-state index contributed by atoms with van der Waals surface area (Å²) in [7, 11) is 0. The van der Waals surface area contributed by atoms with Crippen molar-refractivity contribution in [1.82, 2.24) is 0 Å². The summed E-state index contributed by atoms with van der Waals surface area (Å²) in [6, 6.07) is 5.66. The Bertz CT molecular complexity index is 849. The fourth-order valence-corrected chi connectivity index (χ4v) is 4.28. The molecule has 0 radical (unpaired) electrons. The van der Waals surface area contributed by atoms with Gasteiger partial charge in [-0.3, -0.25) is 4.79 Å². The molecule has 4 heteroatoms. The van der Waals surface area contributed by atoms with E-state index < -0.39 is 5.41 Å². The first-order chi connectivity index (χ1) is 13.7. The van der Waals surface area contributed by atoms with Crippen molar-refractivity contribution < 1.29 is 19.7 Å². The van der Waals surface area contributed by atoms with Gasteiger partial charge in [0.2, 0.25) is 0 Å². The van der Waals surface area contributed by atoms with Crippen LogP contribution < -0.4 is 0 Å². The Kier molecular flexibility index (Phi) is 6.80. The van der Waals surface area contributed by atoms with Crippen molar-refractivity contribution in [3.8, 4) is 5.75 Å². The molecule has 2 N–H and O–H groups in total. The summed E-state index contributed by atoms with van der Waals surface area (Å²) in [5, 5.41) is 20.9. The second-order valence-corrected chi connectivity index (χ2v) is 10.7. The van der Waals surface area contributed by atoms with Crippen LogP contribution in [0.15, 0.2) is 41.7 Å². The first-order valence-electron chi connectivity index (χ1n) is 10.8. The third-order valence-electron chi connectivity index (χ3n) is 6.22. The van der Waals surface area contributed by atoms with Gasteiger partial charge in [-0.15, -0.1) is 0 Å². The first-order valence-corrected chi connectivity index (χ1v) is 10.8. The van der Waals surface area contributed by atoms with E-state index in [0.717, 1.165) is 16.7 Å². The highest BCUT2D eigenvalue weighted by Crippen LogP contribution is 2.47. The lowest BCUT2D eigenvalue weighted by Crippen LogP contribution is -2.37. The van der Waals surface area contributed by atoms with Gasteiger partial charge in [0.05, 0.1) is 13.0 Å². The predicted molar refractivity (Wildman–Crippen MR) is 122 cm³/mol. The molecule has 0 aromatic heterocycles. The van der Waals surface area contributed by atoms with E-state index in [1.165, 1.54) is 0 Å². The van der Waals surface area contributed by atoms with Gasteiger partial charge in [0.1, 0.15) is 11.5 Å². The Morgan fingerprint density at radius 3 is 2.23 bits per heavy atom. The molecule has 1 aromatic rings. The van der Waals surface area contributed by atoms with E-state index in [9.17, 15) is 15.0 Å². The Morgan fingerprint density at radius 2 is 1.70 bits per heavy atom. The quantitative estimate of drug-likeness (QED) is 0.552. The molecular weight excluding hydrogens is 376 g/mol. The number of aliphatic hydroxyl groups excluding tert-OH is 1. The van der Waals surface area contributed by atoms with Gasteiger partial charge in [-0.25, -0.2) is 0 Å². The van der Waals surface area contributed by atoms with Gasteiger partial charge >= 0.3 is 5.97 Å². The molecule has 0 saturated heterocycles. The third kappa shape index (κ3) is 5.08. The number of carbonyl (C=O) groups excluding carboxylic acids is 1. The van der Waals surface area contributed by atoms with E-state index in [4.69, 9.17) is 4.74 Å². The van der Waals surface area contributed by atoms with Crippen molar-refractivity contribution in [3.05, 3.63) is 52.8 Å². The van der Waals surface area contributed by atoms with Crippen LogP contribution in [0.5, 0.6) is 5.75 Å². The molecule has 1 aromatic carbocycles. The van der Waals surface area contributed by atoms with Crippen LogP contribution in [0, 0.1) is 11.3 Å². The zero-order chi connectivity index (χ0) is 22.9. The van der Waals surface area contributed by atoms with Crippen LogP contribution in [0.25, 0.3) is 0 Å². The van der Waals surface area contributed by atoms with Crippen molar-refractivity contribution >= 4 is 5.97 Å². The second kappa shape index (κ2) is 8.49. The fourth-order valence-electron chi connectivity index (χ4n) is 4.28. The topological polar surface area (TPSA) is 66.8 Å². The van der Waals surface area contributed by atoms with Crippen LogP contribution in [0.3, 0.4) is 0 Å². The highest BCUT2D eigenvalue weighted by molar-refractivity contribution is 5.72. The van der Waals surface area contributed by atoms with Gasteiger partial charge in [-0.1, -0.05) is 66.7 Å². The summed E-state index contributed by atoms with van der Waals surface area (Å²) in [6.07, 6.45) is 4.66. The fraction of sp³-hybridized carbons (Fsp3) is 0.577. The second-order valence-electron chi connectivity index (χ2n) is 10.7. The van der Waals surface area contributed by atoms with E-state index in [1.807, 2.05) is 25.1 Å². The Labute approximate surface area is 181 Å². The van der Waals surface area contributed by atoms with Crippen molar-refractivity contribution in [2.24, 2.45) is 11.3 Å². The van der Waals surface area contributed by atoms with Gasteiger partial charge in [0.25, 0.3) is 0 Å². The third-order valence-corrected chi connectivity index (χ3v) is 6.22. The van der Waals surface area contributed by atoms with Crippen LogP contribution in [-0.4, -0.2) is 22.8 Å². The Balaban J connectivity index is 2.59. The minimum absolute atomic E-state index is 0.00407. The van der Waals surface area contributed by atoms with E-state index in [1.54, 1.807) is 12.1 Å². The maximum Gasteiger partial charge on any atom is 0.306 e. The van der Waals surface area contributed by atoms with E-state index >= 15 is 0 Å². The molecule has 4 nitrogen and oxygen atoms in total. The normalized spacial score (nSPS) is 19.5. The van der Waals surface area contributed by atoms with E-state index in [-0.39, 0.29) is 34.9 Å². The maximum absolute atomic E-state index is 12.6. The number of allylic oxidation sites excluding steroid dienone is 3. The number of aliphatic hydroxyl groups is 1. The highest BCUT2D eigenvalue weighted by atomic mass is 16.5. The molecule has 30 heavy (non-hydrogen) atoms. The lowest BCUT2D eigenvalue weighted by molar-refractivity contribution is -0.144. The molecule has 2 atom stereocenters. The summed E-state index contributed by atoms with van der Waals surface area (Å²) >= 11 is 0. The molecule has 0 saturated carbocycles. The number of benzene rings is 1. The average Bonchev–Trinajstić information content (AvgIpc) is 2.60. The monoisotopic (exact) mass is 414 g/mol. The van der Waals surface area contributed by atoms with Crippen LogP contribution in [-0.2, 0) is 20.4 Å². The number of phenols is 1. The summed E-state index contributed by atoms with van der Waals surface area (Å²) < 4.78 is 5.31. The zero-order valence-corrected chi connectivity index (χ0v) is 19.8. The number of esters is 1. The summed E-state index contributed by atoms with van der Waals surface area (Å²) in [4.78, 5) is 12.6. The predicted octanol–water partition coefficient (Wildman–Crippen LogP) is 6.33. The van der Waals surface area contributed by atoms with Gasteiger partial charge in [-0.05, 0) is 58.9 Å². The summed E-state index contributed by atoms with van der Waals surface area (Å²) in [6.45, 7) is 16.7. The van der Waals surface area contributed by atoms with Crippen molar-refractivity contribution in [2.45, 2.75) is 79.1 Å². The minimum atomic E-state index is -0.548. The number of ether oxygens (including phenoxy) is 1. The van der Waals surface area contributed by atoms with Crippen LogP contribution in [0.4, 0.5) is 0 Å². The Hall–Kier alpha value is -2.23. The van der Waals surface area contributed by atoms with Gasteiger partial charge < -0.3 is 14.9 Å². The molecule has 1 aliphatic rings. The molecule has 0 fully saturated rings. The SMILES string of the molecule is CCOC(=O)CC(C)(c1ccc(O)c(C(C)(C)C)c1)C1C=CC(O)=C(C(C)(C)C)C1. The molecule has 0 amide bonds. The molecule has 0 spiro atoms. The van der Waals surface area contributed by atoms with Gasteiger partial charge in [0, 0.05) is 5.41 Å². The lowest BCUT2D eigenvalue weighted by Gasteiger charge is -2.40. The van der Waals surface area contributed by atoms with Gasteiger partial charge in [0.15, 0.2) is 0 Å². The summed E-state index contributed by atoms with van der Waals surface area (Å²) in [5.74, 6) is 0.342. The molecule has 166 valence electrons. The molecular formula is C26H38O4. The van der Waals surface area contributed by atoms with E-state index in [0.29, 0.717) is 18.8 Å². The Morgan fingerprint density at radius 1 is 1.07 bits per heavy atom. The molecule has 2 unspecified atom stereocenters. The number of rotatable bonds is 5.